The Morgan fingerprint density at radius 2 is 2.13 bits per heavy atom. The third-order valence-electron chi connectivity index (χ3n) is 2.92. The third kappa shape index (κ3) is 4.20. The van der Waals surface area contributed by atoms with Crippen LogP contribution in [0.4, 0.5) is 0 Å². The highest BCUT2D eigenvalue weighted by molar-refractivity contribution is 5.76. The van der Waals surface area contributed by atoms with Gasteiger partial charge in [-0.15, -0.1) is 0 Å². The van der Waals surface area contributed by atoms with Gasteiger partial charge in [0.15, 0.2) is 0 Å². The maximum absolute atomic E-state index is 11.8. The Hall–Kier alpha value is -0.570. The number of carbonyl (C=O) groups excluding carboxylic acids is 1. The number of rotatable bonds is 4. The normalized spacial score (nSPS) is 19.9. The van der Waals surface area contributed by atoms with Crippen molar-refractivity contribution in [1.29, 1.82) is 0 Å². The Morgan fingerprint density at radius 3 is 2.60 bits per heavy atom. The van der Waals surface area contributed by atoms with E-state index in [9.17, 15) is 4.79 Å². The Morgan fingerprint density at radius 1 is 1.47 bits per heavy atom. The molecule has 1 N–H and O–H groups in total. The van der Waals surface area contributed by atoms with Gasteiger partial charge in [-0.25, -0.2) is 0 Å². The van der Waals surface area contributed by atoms with Crippen molar-refractivity contribution in [2.24, 2.45) is 5.41 Å². The second-order valence-electron chi connectivity index (χ2n) is 5.59. The van der Waals surface area contributed by atoms with Crippen LogP contribution < -0.4 is 5.32 Å². The van der Waals surface area contributed by atoms with Gasteiger partial charge in [0.25, 0.3) is 0 Å². The van der Waals surface area contributed by atoms with Crippen molar-refractivity contribution in [3.8, 4) is 0 Å². The van der Waals surface area contributed by atoms with Crippen LogP contribution in [0.15, 0.2) is 0 Å². The summed E-state index contributed by atoms with van der Waals surface area (Å²) in [5.74, 6) is 0.300. The van der Waals surface area contributed by atoms with Crippen LogP contribution in [0, 0.1) is 5.41 Å². The molecule has 0 radical (unpaired) electrons. The summed E-state index contributed by atoms with van der Waals surface area (Å²) in [6.45, 7) is 11.3. The van der Waals surface area contributed by atoms with Gasteiger partial charge in [-0.2, -0.15) is 0 Å². The highest BCUT2D eigenvalue weighted by Crippen LogP contribution is 2.28. The van der Waals surface area contributed by atoms with Gasteiger partial charge < -0.3 is 10.2 Å². The molecule has 88 valence electrons. The summed E-state index contributed by atoms with van der Waals surface area (Å²) in [6, 6.07) is 0.466. The van der Waals surface area contributed by atoms with Crippen molar-refractivity contribution in [3.05, 3.63) is 0 Å². The zero-order valence-corrected chi connectivity index (χ0v) is 10.5. The van der Waals surface area contributed by atoms with Crippen LogP contribution in [0.1, 0.15) is 40.5 Å². The fourth-order valence-corrected chi connectivity index (χ4v) is 1.95. The van der Waals surface area contributed by atoms with Crippen LogP contribution in [0.3, 0.4) is 0 Å². The Labute approximate surface area is 93.2 Å². The molecule has 1 saturated heterocycles. The van der Waals surface area contributed by atoms with Crippen LogP contribution >= 0.6 is 0 Å². The second-order valence-corrected chi connectivity index (χ2v) is 5.59. The van der Waals surface area contributed by atoms with Crippen LogP contribution in [-0.2, 0) is 4.79 Å². The minimum absolute atomic E-state index is 0.300. The van der Waals surface area contributed by atoms with Crippen molar-refractivity contribution in [2.45, 2.75) is 46.6 Å². The van der Waals surface area contributed by atoms with Gasteiger partial charge in [-0.05, 0) is 11.8 Å². The molecular formula is C12H24N2O. The van der Waals surface area contributed by atoms with E-state index in [2.05, 4.69) is 33.0 Å². The van der Waals surface area contributed by atoms with Gasteiger partial charge in [0.1, 0.15) is 0 Å². The molecule has 0 bridgehead atoms. The lowest BCUT2D eigenvalue weighted by Gasteiger charge is -2.20. The van der Waals surface area contributed by atoms with Crippen molar-refractivity contribution in [2.75, 3.05) is 19.6 Å². The maximum Gasteiger partial charge on any atom is 0.223 e. The zero-order chi connectivity index (χ0) is 11.5. The van der Waals surface area contributed by atoms with Crippen LogP contribution in [0.25, 0.3) is 0 Å². The average Bonchev–Trinajstić information content (AvgIpc) is 2.45. The Bertz CT molecular complexity index is 224. The Balaban J connectivity index is 2.24. The molecule has 0 spiro atoms. The van der Waals surface area contributed by atoms with Crippen molar-refractivity contribution in [3.63, 3.8) is 0 Å². The smallest absolute Gasteiger partial charge is 0.223 e. The van der Waals surface area contributed by atoms with E-state index in [1.165, 1.54) is 0 Å². The molecule has 1 heterocycles. The molecule has 15 heavy (non-hydrogen) atoms. The van der Waals surface area contributed by atoms with Gasteiger partial charge in [0, 0.05) is 32.1 Å². The number of likely N-dealkylation sites (tertiary alicyclic amines) is 1. The highest BCUT2D eigenvalue weighted by Gasteiger charge is 2.31. The molecule has 3 nitrogen and oxygen atoms in total. The number of nitrogens with one attached hydrogen (secondary N) is 1. The molecule has 0 aliphatic carbocycles. The molecule has 0 saturated carbocycles. The lowest BCUT2D eigenvalue weighted by molar-refractivity contribution is -0.130. The summed E-state index contributed by atoms with van der Waals surface area (Å²) in [7, 11) is 0. The number of hydrogen-bond acceptors (Lipinski definition) is 2. The number of hydrogen-bond donors (Lipinski definition) is 1. The summed E-state index contributed by atoms with van der Waals surface area (Å²) in [5, 5.41) is 3.27. The lowest BCUT2D eigenvalue weighted by Crippen LogP contribution is -2.34. The van der Waals surface area contributed by atoms with E-state index >= 15 is 0 Å². The van der Waals surface area contributed by atoms with E-state index in [-0.39, 0.29) is 0 Å². The van der Waals surface area contributed by atoms with Gasteiger partial charge in [-0.1, -0.05) is 27.7 Å². The molecule has 0 unspecified atom stereocenters. The topological polar surface area (TPSA) is 32.3 Å². The fourth-order valence-electron chi connectivity index (χ4n) is 1.95. The van der Waals surface area contributed by atoms with Gasteiger partial charge in [-0.3, -0.25) is 4.79 Å². The number of carbonyl (C=O) groups is 1. The van der Waals surface area contributed by atoms with Crippen molar-refractivity contribution in [1.82, 2.24) is 10.2 Å². The molecule has 1 rings (SSSR count). The molecule has 0 atom stereocenters. The first-order valence-corrected chi connectivity index (χ1v) is 5.92. The molecule has 1 fully saturated rings. The highest BCUT2D eigenvalue weighted by atomic mass is 16.2. The van der Waals surface area contributed by atoms with E-state index in [1.807, 2.05) is 4.90 Å². The first-order valence-electron chi connectivity index (χ1n) is 5.92. The molecular weight excluding hydrogens is 188 g/mol. The van der Waals surface area contributed by atoms with E-state index in [1.54, 1.807) is 0 Å². The molecule has 0 aromatic rings. The number of amides is 1. The molecule has 0 aromatic heterocycles. The van der Waals surface area contributed by atoms with E-state index < -0.39 is 0 Å². The van der Waals surface area contributed by atoms with E-state index in [4.69, 9.17) is 0 Å². The third-order valence-corrected chi connectivity index (χ3v) is 2.92. The maximum atomic E-state index is 11.8. The van der Waals surface area contributed by atoms with Gasteiger partial charge in [0.2, 0.25) is 5.91 Å². The predicted molar refractivity (Wildman–Crippen MR) is 62.7 cm³/mol. The molecule has 1 aliphatic heterocycles. The summed E-state index contributed by atoms with van der Waals surface area (Å²) in [6.07, 6.45) is 1.77. The van der Waals surface area contributed by atoms with Crippen LogP contribution in [-0.4, -0.2) is 36.5 Å². The second kappa shape index (κ2) is 4.97. The summed E-state index contributed by atoms with van der Waals surface area (Å²) in [4.78, 5) is 13.8. The quantitative estimate of drug-likeness (QED) is 0.768. The molecule has 1 aliphatic rings. The first kappa shape index (κ1) is 12.5. The molecule has 0 aromatic carbocycles. The SMILES string of the molecule is CC(C)NCCC(=O)N1CCC(C)(C)C1. The summed E-state index contributed by atoms with van der Waals surface area (Å²) >= 11 is 0. The van der Waals surface area contributed by atoms with Crippen LogP contribution in [0.2, 0.25) is 0 Å². The minimum Gasteiger partial charge on any atom is -0.342 e. The largest absolute Gasteiger partial charge is 0.342 e. The summed E-state index contributed by atoms with van der Waals surface area (Å²) in [5.41, 5.74) is 0.321. The van der Waals surface area contributed by atoms with Crippen LogP contribution in [0.5, 0.6) is 0 Å². The van der Waals surface area contributed by atoms with Crippen molar-refractivity contribution >= 4 is 5.91 Å². The molecule has 3 heteroatoms. The molecule has 1 amide bonds. The monoisotopic (exact) mass is 212 g/mol. The summed E-state index contributed by atoms with van der Waals surface area (Å²) < 4.78 is 0. The zero-order valence-electron chi connectivity index (χ0n) is 10.5. The standard InChI is InChI=1S/C12H24N2O/c1-10(2)13-7-5-11(15)14-8-6-12(3,4)9-14/h10,13H,5-9H2,1-4H3. The number of nitrogens with zero attached hydrogens (tertiary/aromatic N) is 1. The van der Waals surface area contributed by atoms with E-state index in [0.29, 0.717) is 23.8 Å². The lowest BCUT2D eigenvalue weighted by atomic mass is 9.93. The predicted octanol–water partition coefficient (Wildman–Crippen LogP) is 1.63. The van der Waals surface area contributed by atoms with Crippen molar-refractivity contribution < 1.29 is 4.79 Å². The minimum atomic E-state index is 0.300. The van der Waals surface area contributed by atoms with Gasteiger partial charge >= 0.3 is 0 Å². The Kier molecular flexibility index (Phi) is 4.14. The van der Waals surface area contributed by atoms with E-state index in [0.717, 1.165) is 26.1 Å². The van der Waals surface area contributed by atoms with Gasteiger partial charge in [0.05, 0.1) is 0 Å². The first-order chi connectivity index (χ1) is 6.91. The average molecular weight is 212 g/mol. The fraction of sp³-hybridized carbons (Fsp3) is 0.917.